The molecule has 1 aliphatic rings. The fourth-order valence-corrected chi connectivity index (χ4v) is 4.30. The Morgan fingerprint density at radius 2 is 1.43 bits per heavy atom. The van der Waals surface area contributed by atoms with Crippen molar-refractivity contribution in [1.82, 2.24) is 5.27 Å². The van der Waals surface area contributed by atoms with E-state index in [0.29, 0.717) is 5.69 Å². The third-order valence-electron chi connectivity index (χ3n) is 4.50. The Labute approximate surface area is 164 Å². The first kappa shape index (κ1) is 16.6. The van der Waals surface area contributed by atoms with Gasteiger partial charge in [-0.15, -0.1) is 0 Å². The zero-order valence-electron chi connectivity index (χ0n) is 14.5. The van der Waals surface area contributed by atoms with E-state index in [1.165, 1.54) is 4.68 Å². The van der Waals surface area contributed by atoms with E-state index in [-0.39, 0.29) is 5.69 Å². The molecule has 1 aromatic heterocycles. The van der Waals surface area contributed by atoms with Crippen molar-refractivity contribution in [3.05, 3.63) is 95.0 Å². The van der Waals surface area contributed by atoms with Crippen LogP contribution in [0.15, 0.2) is 98.0 Å². The predicted molar refractivity (Wildman–Crippen MR) is 104 cm³/mol. The molecule has 0 spiro atoms. The lowest BCUT2D eigenvalue weighted by Gasteiger charge is -2.29. The van der Waals surface area contributed by atoms with E-state index in [1.807, 2.05) is 66.7 Å². The molecular formula is C21H14N3O3S+. The molecule has 1 aliphatic heterocycles. The van der Waals surface area contributed by atoms with Crippen molar-refractivity contribution in [3.63, 3.8) is 0 Å². The quantitative estimate of drug-likeness (QED) is 0.532. The fraction of sp³-hybridized carbons (Fsp3) is 0. The predicted octanol–water partition coefficient (Wildman–Crippen LogP) is 3.69. The summed E-state index contributed by atoms with van der Waals surface area (Å²) in [4.78, 5) is 29.5. The Morgan fingerprint density at radius 3 is 2.07 bits per heavy atom. The summed E-state index contributed by atoms with van der Waals surface area (Å²) in [5, 5.41) is 2.53. The average Bonchev–Trinajstić information content (AvgIpc) is 3.13. The highest BCUT2D eigenvalue weighted by molar-refractivity contribution is 7.99. The lowest BCUT2D eigenvalue weighted by Crippen LogP contribution is -2.45. The highest BCUT2D eigenvalue weighted by Crippen LogP contribution is 2.48. The van der Waals surface area contributed by atoms with Crippen LogP contribution in [0, 0.1) is 0 Å². The smallest absolute Gasteiger partial charge is 0.282 e. The van der Waals surface area contributed by atoms with Crippen molar-refractivity contribution in [1.29, 1.82) is 0 Å². The second kappa shape index (κ2) is 6.54. The number of rotatable bonds is 2. The molecule has 0 saturated heterocycles. The second-order valence-electron chi connectivity index (χ2n) is 6.18. The van der Waals surface area contributed by atoms with Gasteiger partial charge >= 0.3 is 17.2 Å². The van der Waals surface area contributed by atoms with Gasteiger partial charge < -0.3 is 0 Å². The van der Waals surface area contributed by atoms with Crippen LogP contribution >= 0.6 is 11.8 Å². The van der Waals surface area contributed by atoms with Crippen LogP contribution in [0.5, 0.6) is 0 Å². The van der Waals surface area contributed by atoms with Crippen LogP contribution < -0.4 is 15.2 Å². The molecule has 28 heavy (non-hydrogen) atoms. The van der Waals surface area contributed by atoms with Crippen LogP contribution in [0.3, 0.4) is 0 Å². The second-order valence-corrected chi connectivity index (χ2v) is 7.26. The van der Waals surface area contributed by atoms with E-state index < -0.39 is 11.5 Å². The summed E-state index contributed by atoms with van der Waals surface area (Å²) in [6.07, 6.45) is 0. The maximum absolute atomic E-state index is 13.6. The third kappa shape index (κ3) is 2.56. The normalized spacial score (nSPS) is 12.4. The third-order valence-corrected chi connectivity index (χ3v) is 5.63. The van der Waals surface area contributed by atoms with Gasteiger partial charge in [0.1, 0.15) is 0 Å². The molecule has 3 aromatic carbocycles. The van der Waals surface area contributed by atoms with E-state index in [0.717, 1.165) is 21.2 Å². The topological polar surface area (TPSA) is 70.2 Å². The minimum Gasteiger partial charge on any atom is -0.282 e. The number of amides is 1. The van der Waals surface area contributed by atoms with Gasteiger partial charge in [0, 0.05) is 21.9 Å². The lowest BCUT2D eigenvalue weighted by atomic mass is 10.2. The molecule has 2 heterocycles. The molecule has 0 radical (unpaired) electrons. The first-order chi connectivity index (χ1) is 13.7. The Morgan fingerprint density at radius 1 is 0.857 bits per heavy atom. The number of nitrogens with zero attached hydrogens (tertiary/aromatic N) is 2. The average molecular weight is 388 g/mol. The van der Waals surface area contributed by atoms with Crippen molar-refractivity contribution < 1.29 is 14.0 Å². The van der Waals surface area contributed by atoms with Crippen LogP contribution in [0.1, 0.15) is 10.5 Å². The van der Waals surface area contributed by atoms with Crippen molar-refractivity contribution in [2.45, 2.75) is 9.79 Å². The minimum absolute atomic E-state index is 0.0947. The molecule has 0 fully saturated rings. The largest absolute Gasteiger partial charge is 0.441 e. The summed E-state index contributed by atoms with van der Waals surface area (Å²) in [5.41, 5.74) is 1.28. The molecule has 0 atom stereocenters. The van der Waals surface area contributed by atoms with Gasteiger partial charge in [-0.3, -0.25) is 14.2 Å². The first-order valence-electron chi connectivity index (χ1n) is 8.63. The van der Waals surface area contributed by atoms with E-state index in [9.17, 15) is 9.59 Å². The molecule has 0 bridgehead atoms. The Kier molecular flexibility index (Phi) is 3.87. The molecule has 4 aromatic rings. The van der Waals surface area contributed by atoms with Crippen LogP contribution in [-0.4, -0.2) is 11.2 Å². The molecule has 1 N–H and O–H groups in total. The van der Waals surface area contributed by atoms with E-state index in [2.05, 4.69) is 5.27 Å². The summed E-state index contributed by atoms with van der Waals surface area (Å²) < 4.78 is 6.34. The van der Waals surface area contributed by atoms with Crippen molar-refractivity contribution in [3.8, 4) is 5.69 Å². The van der Waals surface area contributed by atoms with Crippen LogP contribution in [0.4, 0.5) is 11.4 Å². The van der Waals surface area contributed by atoms with Crippen LogP contribution in [0.2, 0.25) is 0 Å². The molecular weight excluding hydrogens is 374 g/mol. The lowest BCUT2D eigenvalue weighted by molar-refractivity contribution is -0.672. The van der Waals surface area contributed by atoms with Gasteiger partial charge in [-0.2, -0.15) is 0 Å². The Balaban J connectivity index is 1.71. The molecule has 136 valence electrons. The zero-order valence-corrected chi connectivity index (χ0v) is 15.3. The molecule has 5 rings (SSSR count). The number of anilines is 2. The van der Waals surface area contributed by atoms with Gasteiger partial charge in [0.15, 0.2) is 0 Å². The number of carbonyl (C=O) groups is 1. The van der Waals surface area contributed by atoms with Gasteiger partial charge in [-0.05, 0) is 34.2 Å². The molecule has 0 aliphatic carbocycles. The molecule has 1 amide bonds. The maximum atomic E-state index is 13.6. The Hall–Kier alpha value is -3.58. The number of aromatic nitrogens is 2. The molecule has 0 unspecified atom stereocenters. The summed E-state index contributed by atoms with van der Waals surface area (Å²) in [7, 11) is 0. The van der Waals surface area contributed by atoms with E-state index in [4.69, 9.17) is 4.52 Å². The number of fused-ring (bicyclic) bond motifs is 2. The van der Waals surface area contributed by atoms with Crippen LogP contribution in [-0.2, 0) is 0 Å². The monoisotopic (exact) mass is 388 g/mol. The number of benzene rings is 3. The number of para-hydroxylation sites is 3. The van der Waals surface area contributed by atoms with Crippen molar-refractivity contribution in [2.24, 2.45) is 0 Å². The molecule has 7 heteroatoms. The number of hydrogen-bond acceptors (Lipinski definition) is 4. The standard InChI is InChI=1S/C21H13N3O3S/c25-20(19-21(26)27-22-24(19)14-8-2-1-3-9-14)23-15-10-4-6-12-17(15)28-18-13-7-5-11-16(18)23/h1-13H/p+1. The van der Waals surface area contributed by atoms with E-state index >= 15 is 0 Å². The molecule has 6 nitrogen and oxygen atoms in total. The van der Waals surface area contributed by atoms with E-state index in [1.54, 1.807) is 28.8 Å². The SMILES string of the molecule is O=C(c1c(=O)o[nH][n+]1-c1ccccc1)N1c2ccccc2Sc2ccccc21. The van der Waals surface area contributed by atoms with Crippen molar-refractivity contribution >= 4 is 29.0 Å². The first-order valence-corrected chi connectivity index (χ1v) is 9.45. The number of hydrogen-bond donors (Lipinski definition) is 1. The minimum atomic E-state index is -0.720. The van der Waals surface area contributed by atoms with Gasteiger partial charge in [-0.25, -0.2) is 4.79 Å². The highest BCUT2D eigenvalue weighted by atomic mass is 32.2. The number of aromatic amines is 1. The number of H-pyrrole nitrogens is 1. The summed E-state index contributed by atoms with van der Waals surface area (Å²) in [6.45, 7) is 0. The fourth-order valence-electron chi connectivity index (χ4n) is 3.24. The summed E-state index contributed by atoms with van der Waals surface area (Å²) >= 11 is 1.60. The van der Waals surface area contributed by atoms with Gasteiger partial charge in [0.2, 0.25) is 5.69 Å². The summed E-state index contributed by atoms with van der Waals surface area (Å²) in [5.74, 6) is -0.459. The number of carbonyl (C=O) groups excluding carboxylic acids is 1. The molecule has 0 saturated carbocycles. The van der Waals surface area contributed by atoms with Gasteiger partial charge in [0.25, 0.3) is 0 Å². The van der Waals surface area contributed by atoms with Crippen molar-refractivity contribution in [2.75, 3.05) is 4.90 Å². The zero-order chi connectivity index (χ0) is 19.1. The van der Waals surface area contributed by atoms with Gasteiger partial charge in [-0.1, -0.05) is 54.2 Å². The number of nitrogens with one attached hydrogen (secondary N) is 1. The maximum Gasteiger partial charge on any atom is 0.441 e. The van der Waals surface area contributed by atoms with Crippen LogP contribution in [0.25, 0.3) is 5.69 Å². The Bertz CT molecular complexity index is 1200. The van der Waals surface area contributed by atoms with Gasteiger partial charge in [0.05, 0.1) is 11.4 Å². The summed E-state index contributed by atoms with van der Waals surface area (Å²) in [6, 6.07) is 24.3. The highest BCUT2D eigenvalue weighted by Gasteiger charge is 2.38.